The molecule has 0 saturated heterocycles. The zero-order valence-corrected chi connectivity index (χ0v) is 8.12. The summed E-state index contributed by atoms with van der Waals surface area (Å²) in [7, 11) is 0. The molecule has 5 nitrogen and oxygen atoms in total. The number of hydrogen-bond acceptors (Lipinski definition) is 4. The molecule has 0 radical (unpaired) electrons. The highest BCUT2D eigenvalue weighted by Crippen LogP contribution is 2.03. The summed E-state index contributed by atoms with van der Waals surface area (Å²) in [6, 6.07) is 0. The average Bonchev–Trinajstić information content (AvgIpc) is 2.15. The van der Waals surface area contributed by atoms with E-state index in [9.17, 15) is 10.0 Å². The van der Waals surface area contributed by atoms with E-state index in [-0.39, 0.29) is 5.91 Å². The van der Waals surface area contributed by atoms with E-state index in [4.69, 9.17) is 0 Å². The van der Waals surface area contributed by atoms with Gasteiger partial charge in [-0.2, -0.15) is 0 Å². The molecule has 1 amide bonds. The molecule has 0 unspecified atom stereocenters. The van der Waals surface area contributed by atoms with Gasteiger partial charge < -0.3 is 20.9 Å². The molecular weight excluding hydrogens is 182 g/mol. The van der Waals surface area contributed by atoms with Gasteiger partial charge in [0.2, 0.25) is 5.91 Å². The Morgan fingerprint density at radius 2 is 2.43 bits per heavy atom. The lowest BCUT2D eigenvalue weighted by Crippen LogP contribution is -2.34. The van der Waals surface area contributed by atoms with Crippen LogP contribution in [0.3, 0.4) is 0 Å². The average molecular weight is 196 g/mol. The Morgan fingerprint density at radius 3 is 3.07 bits per heavy atom. The van der Waals surface area contributed by atoms with Crippen molar-refractivity contribution in [3.63, 3.8) is 0 Å². The number of hydroxylamine groups is 2. The van der Waals surface area contributed by atoms with Gasteiger partial charge >= 0.3 is 0 Å². The van der Waals surface area contributed by atoms with Gasteiger partial charge in [0.15, 0.2) is 0 Å². The molecule has 0 bridgehead atoms. The second-order valence-corrected chi connectivity index (χ2v) is 2.95. The molecule has 0 aromatic carbocycles. The molecule has 0 aromatic rings. The van der Waals surface area contributed by atoms with E-state index in [1.807, 2.05) is 6.08 Å². The first kappa shape index (κ1) is 10.6. The Balaban J connectivity index is 2.20. The van der Waals surface area contributed by atoms with E-state index in [1.54, 1.807) is 12.2 Å². The van der Waals surface area contributed by atoms with Gasteiger partial charge in [0.25, 0.3) is 0 Å². The van der Waals surface area contributed by atoms with Crippen LogP contribution in [-0.2, 0) is 4.79 Å². The van der Waals surface area contributed by atoms with Gasteiger partial charge in [-0.25, -0.2) is 0 Å². The van der Waals surface area contributed by atoms with Crippen LogP contribution in [0.4, 0.5) is 0 Å². The Labute approximate surface area is 83.0 Å². The minimum atomic E-state index is -0.0664. The van der Waals surface area contributed by atoms with Crippen LogP contribution in [0, 0.1) is 5.21 Å². The third kappa shape index (κ3) is 3.49. The highest BCUT2D eigenvalue weighted by Gasteiger charge is 1.99. The second kappa shape index (κ2) is 5.29. The number of hydrogen-bond donors (Lipinski definition) is 2. The predicted octanol–water partition coefficient (Wildman–Crippen LogP) is -0.0769. The van der Waals surface area contributed by atoms with Crippen molar-refractivity contribution in [2.24, 2.45) is 0 Å². The lowest BCUT2D eigenvalue weighted by atomic mass is 10.3. The van der Waals surface area contributed by atoms with Crippen LogP contribution in [-0.4, -0.2) is 30.6 Å². The highest BCUT2D eigenvalue weighted by molar-refractivity contribution is 5.72. The van der Waals surface area contributed by atoms with Crippen molar-refractivity contribution in [1.29, 1.82) is 0 Å². The summed E-state index contributed by atoms with van der Waals surface area (Å²) in [6.45, 7) is 2.91. The monoisotopic (exact) mass is 196 g/mol. The van der Waals surface area contributed by atoms with Crippen molar-refractivity contribution in [2.75, 3.05) is 19.6 Å². The van der Waals surface area contributed by atoms with E-state index < -0.39 is 0 Å². The molecule has 14 heavy (non-hydrogen) atoms. The minimum Gasteiger partial charge on any atom is -0.757 e. The summed E-state index contributed by atoms with van der Waals surface area (Å²) in [5.74, 6) is 0.473. The summed E-state index contributed by atoms with van der Waals surface area (Å²) in [4.78, 5) is 10.5. The van der Waals surface area contributed by atoms with E-state index >= 15 is 0 Å². The Bertz CT molecular complexity index is 261. The molecule has 1 rings (SSSR count). The summed E-state index contributed by atoms with van der Waals surface area (Å²) in [5.41, 5.74) is 0. The standard InChI is InChI=1S/C9H14N3O2/c1-8(13)10-5-6-11-9-4-2-3-7-12(9)14/h2-4,11H,5-7H2,1H3,(H,10,13)/q-1. The first-order valence-electron chi connectivity index (χ1n) is 4.50. The number of carbonyl (C=O) groups excluding carboxylic acids is 1. The molecule has 0 atom stereocenters. The molecule has 1 aliphatic rings. The van der Waals surface area contributed by atoms with Gasteiger partial charge in [-0.1, -0.05) is 12.2 Å². The third-order valence-corrected chi connectivity index (χ3v) is 1.74. The van der Waals surface area contributed by atoms with E-state index in [2.05, 4.69) is 10.6 Å². The highest BCUT2D eigenvalue weighted by atomic mass is 16.5. The number of nitrogens with zero attached hydrogens (tertiary/aromatic N) is 1. The van der Waals surface area contributed by atoms with Crippen molar-refractivity contribution in [3.8, 4) is 0 Å². The lowest BCUT2D eigenvalue weighted by molar-refractivity contribution is -0.118. The van der Waals surface area contributed by atoms with Crippen molar-refractivity contribution in [2.45, 2.75) is 6.92 Å². The molecule has 0 fully saturated rings. The first-order valence-corrected chi connectivity index (χ1v) is 4.50. The first-order chi connectivity index (χ1) is 6.70. The topological polar surface area (TPSA) is 67.4 Å². The Morgan fingerprint density at radius 1 is 1.64 bits per heavy atom. The number of allylic oxidation sites excluding steroid dienone is 2. The predicted molar refractivity (Wildman–Crippen MR) is 54.0 cm³/mol. The lowest BCUT2D eigenvalue weighted by Gasteiger charge is -2.34. The fourth-order valence-corrected chi connectivity index (χ4v) is 1.07. The van der Waals surface area contributed by atoms with Gasteiger partial charge in [0, 0.05) is 26.6 Å². The van der Waals surface area contributed by atoms with Crippen molar-refractivity contribution >= 4 is 5.91 Å². The smallest absolute Gasteiger partial charge is 0.216 e. The van der Waals surface area contributed by atoms with Gasteiger partial charge in [0.05, 0.1) is 5.82 Å². The molecule has 0 saturated carbocycles. The molecule has 5 heteroatoms. The molecule has 1 heterocycles. The van der Waals surface area contributed by atoms with Crippen molar-refractivity contribution in [1.82, 2.24) is 15.7 Å². The van der Waals surface area contributed by atoms with Crippen molar-refractivity contribution < 1.29 is 4.79 Å². The SMILES string of the molecule is CC(=O)NCCNC1=CC=CCN1[O-]. The number of carbonyl (C=O) groups is 1. The van der Waals surface area contributed by atoms with Gasteiger partial charge in [-0.05, 0) is 6.08 Å². The number of rotatable bonds is 4. The van der Waals surface area contributed by atoms with Gasteiger partial charge in [-0.15, -0.1) is 0 Å². The van der Waals surface area contributed by atoms with Crippen molar-refractivity contribution in [3.05, 3.63) is 29.3 Å². The Hall–Kier alpha value is -1.49. The zero-order chi connectivity index (χ0) is 10.4. The molecule has 1 aliphatic heterocycles. The molecule has 0 aliphatic carbocycles. The van der Waals surface area contributed by atoms with Gasteiger partial charge in [-0.3, -0.25) is 4.79 Å². The molecule has 0 aromatic heterocycles. The summed E-state index contributed by atoms with van der Waals surface area (Å²) in [6.07, 6.45) is 5.32. The fraction of sp³-hybridized carbons (Fsp3) is 0.444. The van der Waals surface area contributed by atoms with Crippen LogP contribution < -0.4 is 10.6 Å². The molecular formula is C9H14N3O2-. The molecule has 2 N–H and O–H groups in total. The van der Waals surface area contributed by atoms with E-state index in [1.165, 1.54) is 6.92 Å². The van der Waals surface area contributed by atoms with Crippen LogP contribution in [0.2, 0.25) is 0 Å². The van der Waals surface area contributed by atoms with Crippen LogP contribution >= 0.6 is 0 Å². The maximum atomic E-state index is 11.2. The molecule has 78 valence electrons. The zero-order valence-electron chi connectivity index (χ0n) is 8.12. The third-order valence-electron chi connectivity index (χ3n) is 1.74. The number of nitrogens with one attached hydrogen (secondary N) is 2. The van der Waals surface area contributed by atoms with E-state index in [0.717, 1.165) is 5.06 Å². The molecule has 0 spiro atoms. The Kier molecular flexibility index (Phi) is 4.00. The van der Waals surface area contributed by atoms with Crippen LogP contribution in [0.1, 0.15) is 6.92 Å². The maximum absolute atomic E-state index is 11.2. The minimum absolute atomic E-state index is 0.0664. The van der Waals surface area contributed by atoms with Gasteiger partial charge in [0.1, 0.15) is 0 Å². The largest absolute Gasteiger partial charge is 0.757 e. The summed E-state index contributed by atoms with van der Waals surface area (Å²) in [5, 5.41) is 17.6. The summed E-state index contributed by atoms with van der Waals surface area (Å²) < 4.78 is 0. The normalized spacial score (nSPS) is 15.0. The maximum Gasteiger partial charge on any atom is 0.216 e. The quantitative estimate of drug-likeness (QED) is 0.617. The number of amides is 1. The summed E-state index contributed by atoms with van der Waals surface area (Å²) >= 11 is 0. The van der Waals surface area contributed by atoms with Crippen LogP contribution in [0.15, 0.2) is 24.0 Å². The van der Waals surface area contributed by atoms with Crippen LogP contribution in [0.25, 0.3) is 0 Å². The van der Waals surface area contributed by atoms with Crippen LogP contribution in [0.5, 0.6) is 0 Å². The second-order valence-electron chi connectivity index (χ2n) is 2.95. The fourth-order valence-electron chi connectivity index (χ4n) is 1.07. The van der Waals surface area contributed by atoms with E-state index in [0.29, 0.717) is 25.5 Å².